The van der Waals surface area contributed by atoms with Crippen LogP contribution in [0.1, 0.15) is 18.4 Å². The summed E-state index contributed by atoms with van der Waals surface area (Å²) in [5.74, 6) is 1.46. The van der Waals surface area contributed by atoms with E-state index in [-0.39, 0.29) is 6.23 Å². The summed E-state index contributed by atoms with van der Waals surface area (Å²) in [5.41, 5.74) is 2.24. The molecule has 2 aliphatic heterocycles. The van der Waals surface area contributed by atoms with E-state index in [2.05, 4.69) is 49.6 Å². The van der Waals surface area contributed by atoms with E-state index in [0.717, 1.165) is 30.0 Å². The zero-order valence-corrected chi connectivity index (χ0v) is 14.3. The Labute approximate surface area is 151 Å². The number of para-hydroxylation sites is 1. The maximum Gasteiger partial charge on any atom is 0.254 e. The third kappa shape index (κ3) is 2.65. The molecule has 5 rings (SSSR count). The second-order valence-electron chi connectivity index (χ2n) is 6.58. The molecule has 0 bridgehead atoms. The van der Waals surface area contributed by atoms with Gasteiger partial charge in [-0.05, 0) is 43.2 Å². The van der Waals surface area contributed by atoms with Gasteiger partial charge < -0.3 is 10.1 Å². The fraction of sp³-hybridized carbons (Fsp3) is 0.316. The van der Waals surface area contributed by atoms with Crippen molar-refractivity contribution in [1.82, 2.24) is 24.9 Å². The fourth-order valence-electron chi connectivity index (χ4n) is 3.66. The van der Waals surface area contributed by atoms with Crippen LogP contribution < -0.4 is 10.2 Å². The molecular formula is C19H20N6O. The van der Waals surface area contributed by atoms with Crippen molar-refractivity contribution in [3.05, 3.63) is 54.5 Å². The van der Waals surface area contributed by atoms with Crippen molar-refractivity contribution in [2.75, 3.05) is 18.1 Å². The molecule has 0 amide bonds. The molecule has 2 aromatic heterocycles. The normalized spacial score (nSPS) is 22.1. The maximum atomic E-state index is 6.31. The molecule has 1 saturated heterocycles. The van der Waals surface area contributed by atoms with Crippen LogP contribution >= 0.6 is 0 Å². The van der Waals surface area contributed by atoms with Crippen LogP contribution in [0.15, 0.2) is 48.9 Å². The van der Waals surface area contributed by atoms with Crippen molar-refractivity contribution in [2.24, 2.45) is 0 Å². The third-order valence-electron chi connectivity index (χ3n) is 4.93. The molecular weight excluding hydrogens is 328 g/mol. The van der Waals surface area contributed by atoms with Gasteiger partial charge in [0, 0.05) is 12.2 Å². The molecule has 0 spiro atoms. The average molecular weight is 348 g/mol. The first-order valence-corrected chi connectivity index (χ1v) is 8.96. The van der Waals surface area contributed by atoms with Gasteiger partial charge in [0.25, 0.3) is 5.78 Å². The van der Waals surface area contributed by atoms with Crippen molar-refractivity contribution in [3.8, 4) is 0 Å². The van der Waals surface area contributed by atoms with E-state index in [9.17, 15) is 0 Å². The van der Waals surface area contributed by atoms with Gasteiger partial charge in [-0.2, -0.15) is 14.6 Å². The van der Waals surface area contributed by atoms with E-state index in [1.54, 1.807) is 10.7 Å². The van der Waals surface area contributed by atoms with Crippen molar-refractivity contribution in [3.63, 3.8) is 0 Å². The maximum absolute atomic E-state index is 6.31. The first-order chi connectivity index (χ1) is 12.9. The Morgan fingerprint density at radius 3 is 3.08 bits per heavy atom. The van der Waals surface area contributed by atoms with E-state index >= 15 is 0 Å². The zero-order valence-electron chi connectivity index (χ0n) is 14.3. The van der Waals surface area contributed by atoms with Gasteiger partial charge >= 0.3 is 0 Å². The summed E-state index contributed by atoms with van der Waals surface area (Å²) in [7, 11) is 0. The zero-order chi connectivity index (χ0) is 17.3. The van der Waals surface area contributed by atoms with Crippen LogP contribution in [0.4, 0.5) is 11.5 Å². The molecule has 3 aromatic rings. The molecule has 1 unspecified atom stereocenters. The Hall–Kier alpha value is -2.77. The van der Waals surface area contributed by atoms with E-state index in [4.69, 9.17) is 4.74 Å². The first-order valence-electron chi connectivity index (χ1n) is 8.96. The fourth-order valence-corrected chi connectivity index (χ4v) is 3.66. The minimum absolute atomic E-state index is 0.206. The predicted octanol–water partition coefficient (Wildman–Crippen LogP) is 2.38. The highest BCUT2D eigenvalue weighted by atomic mass is 16.5. The first kappa shape index (κ1) is 15.5. The molecule has 2 aliphatic rings. The van der Waals surface area contributed by atoms with Crippen LogP contribution in [-0.2, 0) is 4.74 Å². The van der Waals surface area contributed by atoms with E-state index in [1.807, 2.05) is 18.2 Å². The van der Waals surface area contributed by atoms with E-state index in [0.29, 0.717) is 18.4 Å². The topological polar surface area (TPSA) is 67.6 Å². The number of hydrogen-bond donors (Lipinski definition) is 1. The summed E-state index contributed by atoms with van der Waals surface area (Å²) >= 11 is 0. The van der Waals surface area contributed by atoms with Gasteiger partial charge in [0.15, 0.2) is 6.23 Å². The third-order valence-corrected chi connectivity index (χ3v) is 4.93. The molecule has 0 radical (unpaired) electrons. The number of ether oxygens (including phenoxy) is 1. The Kier molecular flexibility index (Phi) is 3.88. The molecule has 1 fully saturated rings. The van der Waals surface area contributed by atoms with Crippen LogP contribution in [0, 0.1) is 0 Å². The SMILES string of the molecule is C1=C[C@@H](OCC2CCCN2)N(c2ccnc3ncnn23)c2ccccc21. The summed E-state index contributed by atoms with van der Waals surface area (Å²) in [6.45, 7) is 1.75. The second-order valence-corrected chi connectivity index (χ2v) is 6.58. The Balaban J connectivity index is 1.54. The highest BCUT2D eigenvalue weighted by Gasteiger charge is 2.28. The van der Waals surface area contributed by atoms with Gasteiger partial charge in [0.2, 0.25) is 0 Å². The lowest BCUT2D eigenvalue weighted by Gasteiger charge is -2.35. The number of fused-ring (bicyclic) bond motifs is 2. The van der Waals surface area contributed by atoms with E-state index < -0.39 is 0 Å². The number of aromatic nitrogens is 4. The quantitative estimate of drug-likeness (QED) is 0.781. The molecule has 7 heteroatoms. The van der Waals surface area contributed by atoms with Crippen LogP contribution in [0.3, 0.4) is 0 Å². The number of benzene rings is 1. The second kappa shape index (κ2) is 6.51. The lowest BCUT2D eigenvalue weighted by atomic mass is 10.1. The molecule has 1 N–H and O–H groups in total. The number of rotatable bonds is 4. The van der Waals surface area contributed by atoms with Gasteiger partial charge in [0.1, 0.15) is 12.1 Å². The molecule has 26 heavy (non-hydrogen) atoms. The Bertz CT molecular complexity index is 946. The Morgan fingerprint density at radius 2 is 2.15 bits per heavy atom. The van der Waals surface area contributed by atoms with Gasteiger partial charge in [-0.15, -0.1) is 0 Å². The monoisotopic (exact) mass is 348 g/mol. The average Bonchev–Trinajstić information content (AvgIpc) is 3.37. The number of anilines is 2. The molecule has 7 nitrogen and oxygen atoms in total. The number of nitrogens with one attached hydrogen (secondary N) is 1. The van der Waals surface area contributed by atoms with Crippen LogP contribution in [0.5, 0.6) is 0 Å². The van der Waals surface area contributed by atoms with Gasteiger partial charge in [-0.3, -0.25) is 4.90 Å². The summed E-state index contributed by atoms with van der Waals surface area (Å²) in [4.78, 5) is 10.7. The van der Waals surface area contributed by atoms with Gasteiger partial charge in [0.05, 0.1) is 12.3 Å². The Morgan fingerprint density at radius 1 is 1.19 bits per heavy atom. The predicted molar refractivity (Wildman–Crippen MR) is 99.2 cm³/mol. The van der Waals surface area contributed by atoms with Crippen LogP contribution in [0.25, 0.3) is 11.9 Å². The minimum atomic E-state index is -0.206. The smallest absolute Gasteiger partial charge is 0.254 e. The van der Waals surface area contributed by atoms with Crippen LogP contribution in [0.2, 0.25) is 0 Å². The summed E-state index contributed by atoms with van der Waals surface area (Å²) < 4.78 is 8.06. The van der Waals surface area contributed by atoms with Gasteiger partial charge in [-0.1, -0.05) is 24.3 Å². The molecule has 132 valence electrons. The van der Waals surface area contributed by atoms with Crippen molar-refractivity contribution in [1.29, 1.82) is 0 Å². The standard InChI is InChI=1S/C19H20N6O/c1-2-6-16-14(4-1)7-8-18(26-12-15-5-3-10-20-15)24(16)17-9-11-21-19-22-13-23-25(17)19/h1-2,4,6-9,11,13,15,18,20H,3,5,10,12H2/t15?,18-/m1/s1. The van der Waals surface area contributed by atoms with Crippen molar-refractivity contribution < 1.29 is 4.74 Å². The van der Waals surface area contributed by atoms with E-state index in [1.165, 1.54) is 12.7 Å². The van der Waals surface area contributed by atoms with Crippen molar-refractivity contribution >= 4 is 23.4 Å². The van der Waals surface area contributed by atoms with Gasteiger partial charge in [-0.25, -0.2) is 4.98 Å². The lowest BCUT2D eigenvalue weighted by molar-refractivity contribution is 0.0740. The molecule has 0 saturated carbocycles. The number of nitrogens with zero attached hydrogens (tertiary/aromatic N) is 5. The molecule has 2 atom stereocenters. The number of hydrogen-bond acceptors (Lipinski definition) is 6. The minimum Gasteiger partial charge on any atom is -0.353 e. The summed E-state index contributed by atoms with van der Waals surface area (Å²) in [5, 5.41) is 7.84. The molecule has 0 aliphatic carbocycles. The van der Waals surface area contributed by atoms with Crippen molar-refractivity contribution in [2.45, 2.75) is 25.1 Å². The highest BCUT2D eigenvalue weighted by molar-refractivity contribution is 5.77. The molecule has 4 heterocycles. The summed E-state index contributed by atoms with van der Waals surface area (Å²) in [6, 6.07) is 10.7. The lowest BCUT2D eigenvalue weighted by Crippen LogP contribution is -2.39. The summed E-state index contributed by atoms with van der Waals surface area (Å²) in [6.07, 6.45) is 9.67. The largest absolute Gasteiger partial charge is 0.353 e. The molecule has 1 aromatic carbocycles. The van der Waals surface area contributed by atoms with Crippen LogP contribution in [-0.4, -0.2) is 45.0 Å². The highest BCUT2D eigenvalue weighted by Crippen LogP contribution is 2.35.